The lowest BCUT2D eigenvalue weighted by atomic mass is 10.2. The zero-order valence-electron chi connectivity index (χ0n) is 6.83. The quantitative estimate of drug-likeness (QED) is 0.299. The topological polar surface area (TPSA) is 124 Å². The molecule has 0 aliphatic rings. The summed E-state index contributed by atoms with van der Waals surface area (Å²) in [4.78, 5) is 21.8. The lowest BCUT2D eigenvalue weighted by Gasteiger charge is -1.96. The molecule has 0 fully saturated rings. The fourth-order valence-electron chi connectivity index (χ4n) is 0.877. The van der Waals surface area contributed by atoms with E-state index in [4.69, 9.17) is 11.6 Å². The Hall–Kier alpha value is -1.89. The number of nitrogens with two attached hydrogens (primary N) is 2. The van der Waals surface area contributed by atoms with Gasteiger partial charge in [0.15, 0.2) is 0 Å². The first-order chi connectivity index (χ1) is 6.07. The van der Waals surface area contributed by atoms with Crippen molar-refractivity contribution in [2.24, 2.45) is 11.6 Å². The van der Waals surface area contributed by atoms with Gasteiger partial charge in [0.25, 0.3) is 11.8 Å². The number of hydrogen-bond donors (Lipinski definition) is 3. The van der Waals surface area contributed by atoms with Gasteiger partial charge in [0.1, 0.15) is 5.56 Å². The molecule has 0 spiro atoms. The molecule has 7 nitrogen and oxygen atoms in total. The first-order valence-electron chi connectivity index (χ1n) is 3.35. The highest BCUT2D eigenvalue weighted by atomic mass is 16.5. The summed E-state index contributed by atoms with van der Waals surface area (Å²) in [7, 11) is 0. The highest BCUT2D eigenvalue weighted by Crippen LogP contribution is 2.11. The number of aryl methyl sites for hydroxylation is 1. The summed E-state index contributed by atoms with van der Waals surface area (Å²) >= 11 is 0. The maximum absolute atomic E-state index is 11.1. The zero-order valence-corrected chi connectivity index (χ0v) is 6.83. The molecule has 0 saturated heterocycles. The molecule has 0 bridgehead atoms. The third-order valence-corrected chi connectivity index (χ3v) is 1.44. The smallest absolute Gasteiger partial charge is 0.288 e. The molecular formula is C6H8N4O3. The Morgan fingerprint density at radius 2 is 2.15 bits per heavy atom. The minimum Gasteiger partial charge on any atom is -0.363 e. The van der Waals surface area contributed by atoms with E-state index < -0.39 is 11.8 Å². The van der Waals surface area contributed by atoms with Crippen molar-refractivity contribution in [2.45, 2.75) is 6.92 Å². The van der Waals surface area contributed by atoms with Crippen molar-refractivity contribution in [1.29, 1.82) is 0 Å². The first kappa shape index (κ1) is 9.20. The Kier molecular flexibility index (Phi) is 2.29. The number of aromatic nitrogens is 1. The molecule has 0 unspecified atom stereocenters. The lowest BCUT2D eigenvalue weighted by molar-refractivity contribution is 0.0920. The Balaban J connectivity index is 3.24. The predicted molar refractivity (Wildman–Crippen MR) is 41.4 cm³/mol. The highest BCUT2D eigenvalue weighted by molar-refractivity contribution is 6.05. The van der Waals surface area contributed by atoms with Crippen molar-refractivity contribution >= 4 is 11.8 Å². The van der Waals surface area contributed by atoms with Crippen LogP contribution in [0, 0.1) is 6.92 Å². The summed E-state index contributed by atoms with van der Waals surface area (Å²) < 4.78 is 4.54. The van der Waals surface area contributed by atoms with Crippen LogP contribution in [0.1, 0.15) is 26.6 Å². The average molecular weight is 184 g/mol. The van der Waals surface area contributed by atoms with Gasteiger partial charge in [-0.2, -0.15) is 0 Å². The Bertz CT molecular complexity index is 357. The van der Waals surface area contributed by atoms with Crippen molar-refractivity contribution in [3.8, 4) is 0 Å². The van der Waals surface area contributed by atoms with E-state index in [2.05, 4.69) is 9.68 Å². The van der Waals surface area contributed by atoms with Gasteiger partial charge in [-0.15, -0.1) is 0 Å². The summed E-state index contributed by atoms with van der Waals surface area (Å²) in [5.41, 5.74) is 7.01. The molecule has 1 heterocycles. The van der Waals surface area contributed by atoms with Crippen LogP contribution in [-0.2, 0) is 0 Å². The van der Waals surface area contributed by atoms with Crippen LogP contribution < -0.4 is 17.0 Å². The third kappa shape index (κ3) is 1.49. The summed E-state index contributed by atoms with van der Waals surface area (Å²) in [5.74, 6) is 3.07. The summed E-state index contributed by atoms with van der Waals surface area (Å²) in [6, 6.07) is 0. The number of nitrogens with zero attached hydrogens (tertiary/aromatic N) is 1. The van der Waals surface area contributed by atoms with Gasteiger partial charge in [-0.3, -0.25) is 15.0 Å². The van der Waals surface area contributed by atoms with E-state index in [1.165, 1.54) is 6.92 Å². The van der Waals surface area contributed by atoms with Crippen LogP contribution in [0.3, 0.4) is 0 Å². The number of amides is 2. The van der Waals surface area contributed by atoms with Crippen LogP contribution in [-0.4, -0.2) is 17.0 Å². The molecule has 1 aromatic rings. The minimum absolute atomic E-state index is 0.0324. The van der Waals surface area contributed by atoms with Crippen LogP contribution in [0.5, 0.6) is 0 Å². The van der Waals surface area contributed by atoms with Crippen molar-refractivity contribution in [1.82, 2.24) is 10.6 Å². The number of nitrogen functional groups attached to an aromatic ring is 1. The van der Waals surface area contributed by atoms with Gasteiger partial charge in [-0.1, -0.05) is 5.16 Å². The molecule has 0 aromatic carbocycles. The molecule has 0 atom stereocenters. The first-order valence-corrected chi connectivity index (χ1v) is 3.35. The molecule has 5 N–H and O–H groups in total. The van der Waals surface area contributed by atoms with Crippen molar-refractivity contribution in [2.75, 3.05) is 0 Å². The van der Waals surface area contributed by atoms with Crippen molar-refractivity contribution in [3.05, 3.63) is 17.0 Å². The van der Waals surface area contributed by atoms with Gasteiger partial charge in [-0.25, -0.2) is 5.84 Å². The molecule has 0 aliphatic carbocycles. The van der Waals surface area contributed by atoms with E-state index in [0.29, 0.717) is 0 Å². The SMILES string of the molecule is Cc1noc(C(N)=O)c1C(=O)NN. The number of primary amides is 1. The van der Waals surface area contributed by atoms with Crippen molar-refractivity contribution in [3.63, 3.8) is 0 Å². The number of carbonyl (C=O) groups is 2. The van der Waals surface area contributed by atoms with E-state index in [1.807, 2.05) is 5.43 Å². The third-order valence-electron chi connectivity index (χ3n) is 1.44. The standard InChI is InChI=1S/C6H8N4O3/c1-2-3(6(12)9-8)4(5(7)11)13-10-2/h8H2,1H3,(H2,7,11)(H,9,12). The van der Waals surface area contributed by atoms with E-state index in [0.717, 1.165) is 0 Å². The van der Waals surface area contributed by atoms with Crippen LogP contribution in [0.25, 0.3) is 0 Å². The van der Waals surface area contributed by atoms with Gasteiger partial charge < -0.3 is 10.3 Å². The Labute approximate surface area is 73.0 Å². The maximum atomic E-state index is 11.1. The van der Waals surface area contributed by atoms with E-state index >= 15 is 0 Å². The molecule has 0 aliphatic heterocycles. The molecule has 7 heteroatoms. The second kappa shape index (κ2) is 3.23. The van der Waals surface area contributed by atoms with E-state index in [9.17, 15) is 9.59 Å². The van der Waals surface area contributed by atoms with Gasteiger partial charge >= 0.3 is 0 Å². The molecular weight excluding hydrogens is 176 g/mol. The largest absolute Gasteiger partial charge is 0.363 e. The summed E-state index contributed by atoms with van der Waals surface area (Å²) in [6.45, 7) is 1.50. The Morgan fingerprint density at radius 1 is 1.54 bits per heavy atom. The molecule has 0 radical (unpaired) electrons. The minimum atomic E-state index is -0.862. The molecule has 70 valence electrons. The van der Waals surface area contributed by atoms with Crippen LogP contribution in [0.15, 0.2) is 4.52 Å². The number of hydrogen-bond acceptors (Lipinski definition) is 5. The van der Waals surface area contributed by atoms with Gasteiger partial charge in [-0.05, 0) is 6.92 Å². The predicted octanol–water partition coefficient (Wildman–Crippen LogP) is -1.31. The molecule has 1 aromatic heterocycles. The Morgan fingerprint density at radius 3 is 2.62 bits per heavy atom. The van der Waals surface area contributed by atoms with Crippen LogP contribution in [0.4, 0.5) is 0 Å². The maximum Gasteiger partial charge on any atom is 0.288 e. The average Bonchev–Trinajstić information content (AvgIpc) is 2.46. The van der Waals surface area contributed by atoms with Gasteiger partial charge in [0, 0.05) is 0 Å². The summed E-state index contributed by atoms with van der Waals surface area (Å²) in [5, 5.41) is 3.41. The molecule has 1 rings (SSSR count). The zero-order chi connectivity index (χ0) is 10.0. The summed E-state index contributed by atoms with van der Waals surface area (Å²) in [6.07, 6.45) is 0. The number of nitrogens with one attached hydrogen (secondary N) is 1. The second-order valence-electron chi connectivity index (χ2n) is 2.31. The number of carbonyl (C=O) groups excluding carboxylic acids is 2. The number of hydrazine groups is 1. The van der Waals surface area contributed by atoms with Crippen LogP contribution in [0.2, 0.25) is 0 Å². The molecule has 13 heavy (non-hydrogen) atoms. The second-order valence-corrected chi connectivity index (χ2v) is 2.31. The van der Waals surface area contributed by atoms with Gasteiger partial charge in [0.05, 0.1) is 5.69 Å². The van der Waals surface area contributed by atoms with E-state index in [1.54, 1.807) is 0 Å². The molecule has 0 saturated carbocycles. The van der Waals surface area contributed by atoms with E-state index in [-0.39, 0.29) is 17.0 Å². The fraction of sp³-hybridized carbons (Fsp3) is 0.167. The number of rotatable bonds is 2. The lowest BCUT2D eigenvalue weighted by Crippen LogP contribution is -2.32. The highest BCUT2D eigenvalue weighted by Gasteiger charge is 2.23. The van der Waals surface area contributed by atoms with Gasteiger partial charge in [0.2, 0.25) is 5.76 Å². The molecule has 2 amide bonds. The van der Waals surface area contributed by atoms with Crippen molar-refractivity contribution < 1.29 is 14.1 Å². The van der Waals surface area contributed by atoms with Crippen LogP contribution >= 0.6 is 0 Å². The normalized spacial score (nSPS) is 9.69. The fourth-order valence-corrected chi connectivity index (χ4v) is 0.877. The monoisotopic (exact) mass is 184 g/mol.